The van der Waals surface area contributed by atoms with Crippen molar-refractivity contribution in [1.82, 2.24) is 4.90 Å². The fraction of sp³-hybridized carbons (Fsp3) is 0.629. The van der Waals surface area contributed by atoms with Gasteiger partial charge in [-0.3, -0.25) is 14.4 Å². The van der Waals surface area contributed by atoms with Gasteiger partial charge >= 0.3 is 5.97 Å². The molecule has 7 atom stereocenters. The Morgan fingerprint density at radius 1 is 1.19 bits per heavy atom. The third-order valence-electron chi connectivity index (χ3n) is 10.3. The van der Waals surface area contributed by atoms with Crippen molar-refractivity contribution >= 4 is 23.5 Å². The lowest BCUT2D eigenvalue weighted by molar-refractivity contribution is -0.162. The quantitative estimate of drug-likeness (QED) is 0.169. The van der Waals surface area contributed by atoms with Crippen molar-refractivity contribution in [3.8, 4) is 0 Å². The molecule has 3 fully saturated rings. The van der Waals surface area contributed by atoms with Crippen LogP contribution in [0, 0.1) is 31.6 Å². The second-order valence-electron chi connectivity index (χ2n) is 12.6. The highest BCUT2D eigenvalue weighted by Crippen LogP contribution is 2.65. The highest BCUT2D eigenvalue weighted by molar-refractivity contribution is 6.05. The summed E-state index contributed by atoms with van der Waals surface area (Å²) in [6, 6.07) is 4.27. The van der Waals surface area contributed by atoms with E-state index < -0.39 is 41.1 Å². The monoisotopic (exact) mass is 594 g/mol. The fourth-order valence-electron chi connectivity index (χ4n) is 7.92. The maximum Gasteiger partial charge on any atom is 0.312 e. The van der Waals surface area contributed by atoms with Crippen LogP contribution >= 0.6 is 0 Å². The molecule has 2 amide bonds. The van der Waals surface area contributed by atoms with Gasteiger partial charge in [-0.2, -0.15) is 0 Å². The first-order chi connectivity index (χ1) is 20.6. The molecule has 0 aromatic heterocycles. The molecule has 8 heteroatoms. The third kappa shape index (κ3) is 5.46. The van der Waals surface area contributed by atoms with Gasteiger partial charge in [-0.05, 0) is 69.4 Å². The molecule has 0 saturated carbocycles. The molecular formula is C35H50N2O6. The molecular weight excluding hydrogens is 544 g/mol. The first-order valence-corrected chi connectivity index (χ1v) is 16.0. The normalized spacial score (nSPS) is 28.8. The molecule has 236 valence electrons. The molecule has 1 N–H and O–H groups in total. The van der Waals surface area contributed by atoms with Crippen molar-refractivity contribution in [2.75, 3.05) is 24.7 Å². The Kier molecular flexibility index (Phi) is 10.2. The van der Waals surface area contributed by atoms with E-state index in [1.807, 2.05) is 58.9 Å². The number of anilines is 1. The van der Waals surface area contributed by atoms with E-state index in [1.54, 1.807) is 15.9 Å². The lowest BCUT2D eigenvalue weighted by Crippen LogP contribution is -2.60. The highest BCUT2D eigenvalue weighted by atomic mass is 16.6. The van der Waals surface area contributed by atoms with Gasteiger partial charge in [0.25, 0.3) is 5.91 Å². The van der Waals surface area contributed by atoms with E-state index in [2.05, 4.69) is 13.2 Å². The zero-order valence-electron chi connectivity index (χ0n) is 26.6. The number of rotatable bonds is 15. The van der Waals surface area contributed by atoms with E-state index in [0.29, 0.717) is 32.1 Å². The second kappa shape index (κ2) is 13.3. The Hall–Kier alpha value is -2.97. The summed E-state index contributed by atoms with van der Waals surface area (Å²) in [6.07, 6.45) is 8.19. The van der Waals surface area contributed by atoms with Crippen LogP contribution in [0.3, 0.4) is 0 Å². The summed E-state index contributed by atoms with van der Waals surface area (Å²) in [4.78, 5) is 46.8. The van der Waals surface area contributed by atoms with Gasteiger partial charge in [0.1, 0.15) is 17.6 Å². The number of allylic oxidation sites excluding steroid dienone is 1. The van der Waals surface area contributed by atoms with Gasteiger partial charge in [0, 0.05) is 12.2 Å². The van der Waals surface area contributed by atoms with Crippen molar-refractivity contribution in [2.24, 2.45) is 17.8 Å². The Morgan fingerprint density at radius 3 is 2.47 bits per heavy atom. The zero-order chi connectivity index (χ0) is 31.5. The lowest BCUT2D eigenvalue weighted by Gasteiger charge is -2.41. The van der Waals surface area contributed by atoms with Crippen LogP contribution in [0.1, 0.15) is 76.8 Å². The molecule has 3 aliphatic heterocycles. The number of carbonyl (C=O) groups excluding carboxylic acids is 3. The minimum absolute atomic E-state index is 0.0832. The van der Waals surface area contributed by atoms with E-state index in [4.69, 9.17) is 9.47 Å². The van der Waals surface area contributed by atoms with Crippen LogP contribution in [0.15, 0.2) is 43.5 Å². The number of hydrogen-bond acceptors (Lipinski definition) is 6. The number of aliphatic hydroxyl groups is 1. The van der Waals surface area contributed by atoms with Crippen LogP contribution in [0.5, 0.6) is 0 Å². The number of aryl methyl sites for hydroxylation is 2. The number of ether oxygens (including phenoxy) is 2. The largest absolute Gasteiger partial charge is 0.465 e. The number of amides is 2. The zero-order valence-corrected chi connectivity index (χ0v) is 26.6. The number of hydrogen-bond donors (Lipinski definition) is 1. The van der Waals surface area contributed by atoms with Gasteiger partial charge in [-0.25, -0.2) is 0 Å². The molecule has 43 heavy (non-hydrogen) atoms. The summed E-state index contributed by atoms with van der Waals surface area (Å²) in [5, 5.41) is 10.7. The van der Waals surface area contributed by atoms with E-state index in [0.717, 1.165) is 29.7 Å². The number of esters is 1. The number of para-hydroxylation sites is 1. The van der Waals surface area contributed by atoms with Gasteiger partial charge < -0.3 is 24.4 Å². The summed E-state index contributed by atoms with van der Waals surface area (Å²) in [6.45, 7) is 17.8. The number of aliphatic hydroxyl groups excluding tert-OH is 1. The molecule has 1 aromatic rings. The summed E-state index contributed by atoms with van der Waals surface area (Å²) in [7, 11) is 0. The predicted molar refractivity (Wildman–Crippen MR) is 167 cm³/mol. The van der Waals surface area contributed by atoms with Gasteiger partial charge in [-0.15, -0.1) is 13.2 Å². The number of carbonyl (C=O) groups is 3. The average Bonchev–Trinajstić information content (AvgIpc) is 3.60. The molecule has 0 aliphatic carbocycles. The van der Waals surface area contributed by atoms with Crippen molar-refractivity contribution < 1.29 is 29.0 Å². The number of nitrogens with zero attached hydrogens (tertiary/aromatic N) is 2. The molecule has 2 unspecified atom stereocenters. The minimum Gasteiger partial charge on any atom is -0.465 e. The van der Waals surface area contributed by atoms with Gasteiger partial charge in [-0.1, -0.05) is 57.5 Å². The van der Waals surface area contributed by atoms with E-state index in [9.17, 15) is 19.5 Å². The van der Waals surface area contributed by atoms with Crippen LogP contribution in [0.2, 0.25) is 0 Å². The lowest BCUT2D eigenvalue weighted by atomic mass is 9.65. The fourth-order valence-corrected chi connectivity index (χ4v) is 7.92. The molecule has 3 heterocycles. The standard InChI is InChI=1S/C35H50N2O6/c1-8-12-13-14-21-42-33(41)28-27-31(39)37(26(22-38)23(5)10-3)30(35(27)19-18-34(28,11-4)43-35)32(40)36(20-9-2)29-24(6)16-15-17-25(29)7/h8-9,15-17,23,26-28,30,38H,1-2,10-14,18-22H2,3-7H3/t23-,26-,27-,28+,30?,34-,35?/m0/s1. The Balaban J connectivity index is 1.83. The molecule has 0 radical (unpaired) electrons. The number of fused-ring (bicyclic) bond motifs is 1. The van der Waals surface area contributed by atoms with Gasteiger partial charge in [0.2, 0.25) is 5.91 Å². The third-order valence-corrected chi connectivity index (χ3v) is 10.3. The molecule has 8 nitrogen and oxygen atoms in total. The van der Waals surface area contributed by atoms with Gasteiger partial charge in [0.05, 0.1) is 30.8 Å². The smallest absolute Gasteiger partial charge is 0.312 e. The second-order valence-corrected chi connectivity index (χ2v) is 12.6. The molecule has 4 rings (SSSR count). The maximum absolute atomic E-state index is 15.0. The molecule has 1 aromatic carbocycles. The molecule has 1 spiro atoms. The van der Waals surface area contributed by atoms with E-state index in [-0.39, 0.29) is 37.5 Å². The van der Waals surface area contributed by atoms with E-state index >= 15 is 0 Å². The van der Waals surface area contributed by atoms with Crippen LogP contribution < -0.4 is 4.90 Å². The maximum atomic E-state index is 15.0. The SMILES string of the molecule is C=CCCCCOC(=O)[C@H]1[C@H]2C(=O)N([C@@H](CO)[C@@H](C)CC)C(C(=O)N(CC=C)c3c(C)cccc3C)C23CC[C@]1(CC)O3. The number of likely N-dealkylation sites (tertiary alicyclic amines) is 1. The highest BCUT2D eigenvalue weighted by Gasteiger charge is 2.79. The summed E-state index contributed by atoms with van der Waals surface area (Å²) in [5.74, 6) is -2.78. The predicted octanol–water partition coefficient (Wildman–Crippen LogP) is 5.28. The summed E-state index contributed by atoms with van der Waals surface area (Å²) >= 11 is 0. The first-order valence-electron chi connectivity index (χ1n) is 16.0. The van der Waals surface area contributed by atoms with Crippen molar-refractivity contribution in [3.63, 3.8) is 0 Å². The number of unbranched alkanes of at least 4 members (excludes halogenated alkanes) is 2. The van der Waals surface area contributed by atoms with Crippen molar-refractivity contribution in [2.45, 2.75) is 103 Å². The minimum atomic E-state index is -1.20. The molecule has 3 aliphatic rings. The van der Waals surface area contributed by atoms with Gasteiger partial charge in [0.15, 0.2) is 0 Å². The van der Waals surface area contributed by atoms with E-state index in [1.165, 1.54) is 0 Å². The van der Waals surface area contributed by atoms with Crippen molar-refractivity contribution in [3.05, 3.63) is 54.6 Å². The Labute approximate surface area is 257 Å². The summed E-state index contributed by atoms with van der Waals surface area (Å²) < 4.78 is 12.7. The van der Waals surface area contributed by atoms with Crippen LogP contribution in [-0.4, -0.2) is 70.8 Å². The van der Waals surface area contributed by atoms with Crippen LogP contribution in [-0.2, 0) is 23.9 Å². The average molecular weight is 595 g/mol. The van der Waals surface area contributed by atoms with Crippen molar-refractivity contribution in [1.29, 1.82) is 0 Å². The Bertz CT molecular complexity index is 1210. The molecule has 3 saturated heterocycles. The van der Waals surface area contributed by atoms with Crippen LogP contribution in [0.4, 0.5) is 5.69 Å². The van der Waals surface area contributed by atoms with Crippen LogP contribution in [0.25, 0.3) is 0 Å². The first kappa shape index (κ1) is 32.9. The molecule has 2 bridgehead atoms. The Morgan fingerprint density at radius 2 is 1.88 bits per heavy atom. The summed E-state index contributed by atoms with van der Waals surface area (Å²) in [5.41, 5.74) is 0.557. The topological polar surface area (TPSA) is 96.4 Å². The number of benzene rings is 1.